The van der Waals surface area contributed by atoms with Crippen molar-refractivity contribution >= 4 is 11.8 Å². The standard InChI is InChI=1S/C13H20N2O2/c1-4-14-13(16)17-9-11-5-7-12(8-6-11)15-10(2)3/h5-8,10,15H,4,9H2,1-3H3,(H,14,16). The van der Waals surface area contributed by atoms with Crippen molar-refractivity contribution in [3.8, 4) is 0 Å². The van der Waals surface area contributed by atoms with Crippen molar-refractivity contribution in [2.75, 3.05) is 11.9 Å². The van der Waals surface area contributed by atoms with Gasteiger partial charge in [-0.05, 0) is 38.5 Å². The largest absolute Gasteiger partial charge is 0.445 e. The van der Waals surface area contributed by atoms with Gasteiger partial charge in [-0.1, -0.05) is 12.1 Å². The third-order valence-corrected chi connectivity index (χ3v) is 2.10. The molecule has 1 amide bonds. The fourth-order valence-corrected chi connectivity index (χ4v) is 1.37. The topological polar surface area (TPSA) is 50.4 Å². The molecule has 94 valence electrons. The van der Waals surface area contributed by atoms with Crippen molar-refractivity contribution < 1.29 is 9.53 Å². The highest BCUT2D eigenvalue weighted by Crippen LogP contribution is 2.11. The van der Waals surface area contributed by atoms with E-state index in [9.17, 15) is 4.79 Å². The van der Waals surface area contributed by atoms with Gasteiger partial charge in [-0.25, -0.2) is 4.79 Å². The van der Waals surface area contributed by atoms with E-state index in [1.54, 1.807) is 0 Å². The fraction of sp³-hybridized carbons (Fsp3) is 0.462. The molecular formula is C13H20N2O2. The number of benzene rings is 1. The molecule has 4 nitrogen and oxygen atoms in total. The second-order valence-corrected chi connectivity index (χ2v) is 4.10. The summed E-state index contributed by atoms with van der Waals surface area (Å²) in [5.41, 5.74) is 2.05. The Morgan fingerprint density at radius 2 is 1.94 bits per heavy atom. The van der Waals surface area contributed by atoms with Gasteiger partial charge in [0.05, 0.1) is 0 Å². The molecule has 2 N–H and O–H groups in total. The number of carbonyl (C=O) groups excluding carboxylic acids is 1. The summed E-state index contributed by atoms with van der Waals surface area (Å²) in [6.45, 7) is 6.91. The molecule has 4 heteroatoms. The van der Waals surface area contributed by atoms with Gasteiger partial charge in [0.1, 0.15) is 6.61 Å². The fourth-order valence-electron chi connectivity index (χ4n) is 1.37. The van der Waals surface area contributed by atoms with Crippen LogP contribution in [0.2, 0.25) is 0 Å². The Balaban J connectivity index is 2.42. The van der Waals surface area contributed by atoms with Crippen LogP contribution in [0.15, 0.2) is 24.3 Å². The molecule has 0 radical (unpaired) electrons. The number of alkyl carbamates (subject to hydrolysis) is 1. The van der Waals surface area contributed by atoms with Gasteiger partial charge in [-0.2, -0.15) is 0 Å². The van der Waals surface area contributed by atoms with E-state index >= 15 is 0 Å². The lowest BCUT2D eigenvalue weighted by molar-refractivity contribution is 0.140. The van der Waals surface area contributed by atoms with Gasteiger partial charge < -0.3 is 15.4 Å². The smallest absolute Gasteiger partial charge is 0.407 e. The first-order valence-electron chi connectivity index (χ1n) is 5.88. The van der Waals surface area contributed by atoms with Crippen molar-refractivity contribution in [2.24, 2.45) is 0 Å². The maximum Gasteiger partial charge on any atom is 0.407 e. The van der Waals surface area contributed by atoms with E-state index in [2.05, 4.69) is 24.5 Å². The van der Waals surface area contributed by atoms with E-state index in [0.717, 1.165) is 11.3 Å². The monoisotopic (exact) mass is 236 g/mol. The third-order valence-electron chi connectivity index (χ3n) is 2.10. The van der Waals surface area contributed by atoms with E-state index in [-0.39, 0.29) is 6.09 Å². The molecule has 0 aliphatic rings. The van der Waals surface area contributed by atoms with Crippen molar-refractivity contribution in [1.82, 2.24) is 5.32 Å². The van der Waals surface area contributed by atoms with Crippen molar-refractivity contribution in [2.45, 2.75) is 33.4 Å². The van der Waals surface area contributed by atoms with Gasteiger partial charge in [-0.15, -0.1) is 0 Å². The summed E-state index contributed by atoms with van der Waals surface area (Å²) >= 11 is 0. The van der Waals surface area contributed by atoms with Gasteiger partial charge in [0.25, 0.3) is 0 Å². The Labute approximate surface area is 102 Å². The van der Waals surface area contributed by atoms with Crippen LogP contribution in [0, 0.1) is 0 Å². The molecule has 1 aromatic carbocycles. The number of hydrogen-bond acceptors (Lipinski definition) is 3. The van der Waals surface area contributed by atoms with Crippen LogP contribution in [-0.4, -0.2) is 18.7 Å². The predicted molar refractivity (Wildman–Crippen MR) is 69.1 cm³/mol. The molecule has 1 aromatic rings. The lowest BCUT2D eigenvalue weighted by atomic mass is 10.2. The molecule has 0 atom stereocenters. The van der Waals surface area contributed by atoms with Crippen LogP contribution < -0.4 is 10.6 Å². The van der Waals surface area contributed by atoms with Gasteiger partial charge in [0, 0.05) is 18.3 Å². The lowest BCUT2D eigenvalue weighted by Crippen LogP contribution is -2.23. The maximum atomic E-state index is 11.1. The minimum absolute atomic E-state index is 0.299. The van der Waals surface area contributed by atoms with Gasteiger partial charge in [0.2, 0.25) is 0 Å². The van der Waals surface area contributed by atoms with Crippen LogP contribution in [0.5, 0.6) is 0 Å². The zero-order valence-corrected chi connectivity index (χ0v) is 10.6. The molecule has 0 bridgehead atoms. The zero-order valence-electron chi connectivity index (χ0n) is 10.6. The highest BCUT2D eigenvalue weighted by molar-refractivity contribution is 5.67. The second-order valence-electron chi connectivity index (χ2n) is 4.10. The quantitative estimate of drug-likeness (QED) is 0.826. The lowest BCUT2D eigenvalue weighted by Gasteiger charge is -2.10. The average molecular weight is 236 g/mol. The SMILES string of the molecule is CCNC(=O)OCc1ccc(NC(C)C)cc1. The van der Waals surface area contributed by atoms with Crippen LogP contribution in [0.25, 0.3) is 0 Å². The molecule has 0 saturated heterocycles. The van der Waals surface area contributed by atoms with Crippen LogP contribution >= 0.6 is 0 Å². The summed E-state index contributed by atoms with van der Waals surface area (Å²) in [4.78, 5) is 11.1. The van der Waals surface area contributed by atoms with Crippen LogP contribution in [-0.2, 0) is 11.3 Å². The van der Waals surface area contributed by atoms with Crippen molar-refractivity contribution in [3.05, 3.63) is 29.8 Å². The highest BCUT2D eigenvalue weighted by Gasteiger charge is 2.01. The Kier molecular flexibility index (Phi) is 5.33. The first kappa shape index (κ1) is 13.4. The summed E-state index contributed by atoms with van der Waals surface area (Å²) in [5, 5.41) is 5.88. The van der Waals surface area contributed by atoms with E-state index < -0.39 is 0 Å². The molecule has 0 heterocycles. The minimum atomic E-state index is -0.378. The van der Waals surface area contributed by atoms with E-state index in [4.69, 9.17) is 4.74 Å². The molecule has 0 aromatic heterocycles. The molecule has 0 fully saturated rings. The number of ether oxygens (including phenoxy) is 1. The molecule has 0 saturated carbocycles. The molecule has 0 aliphatic carbocycles. The Bertz CT molecular complexity index is 347. The highest BCUT2D eigenvalue weighted by atomic mass is 16.5. The number of anilines is 1. The van der Waals surface area contributed by atoms with E-state index in [0.29, 0.717) is 19.2 Å². The number of amides is 1. The van der Waals surface area contributed by atoms with Crippen LogP contribution in [0.1, 0.15) is 26.3 Å². The second kappa shape index (κ2) is 6.78. The Morgan fingerprint density at radius 1 is 1.29 bits per heavy atom. The van der Waals surface area contributed by atoms with Gasteiger partial charge >= 0.3 is 6.09 Å². The first-order valence-corrected chi connectivity index (χ1v) is 5.88. The van der Waals surface area contributed by atoms with E-state index in [1.807, 2.05) is 31.2 Å². The molecule has 0 aliphatic heterocycles. The zero-order chi connectivity index (χ0) is 12.7. The van der Waals surface area contributed by atoms with Crippen LogP contribution in [0.4, 0.5) is 10.5 Å². The Morgan fingerprint density at radius 3 is 2.47 bits per heavy atom. The predicted octanol–water partition coefficient (Wildman–Crippen LogP) is 2.75. The number of hydrogen-bond donors (Lipinski definition) is 2. The summed E-state index contributed by atoms with van der Waals surface area (Å²) < 4.78 is 5.02. The summed E-state index contributed by atoms with van der Waals surface area (Å²) in [6, 6.07) is 8.27. The van der Waals surface area contributed by atoms with Crippen molar-refractivity contribution in [1.29, 1.82) is 0 Å². The first-order chi connectivity index (χ1) is 8.11. The summed E-state index contributed by atoms with van der Waals surface area (Å²) in [5.74, 6) is 0. The van der Waals surface area contributed by atoms with Gasteiger partial charge in [0.15, 0.2) is 0 Å². The normalized spacial score (nSPS) is 10.1. The van der Waals surface area contributed by atoms with Crippen molar-refractivity contribution in [3.63, 3.8) is 0 Å². The number of rotatable bonds is 5. The summed E-state index contributed by atoms with van der Waals surface area (Å²) in [7, 11) is 0. The molecule has 0 unspecified atom stereocenters. The molecule has 17 heavy (non-hydrogen) atoms. The van der Waals surface area contributed by atoms with Gasteiger partial charge in [-0.3, -0.25) is 0 Å². The Hall–Kier alpha value is -1.71. The van der Waals surface area contributed by atoms with Crippen LogP contribution in [0.3, 0.4) is 0 Å². The van der Waals surface area contributed by atoms with E-state index in [1.165, 1.54) is 0 Å². The molecular weight excluding hydrogens is 216 g/mol. The average Bonchev–Trinajstić information content (AvgIpc) is 2.28. The molecule has 1 rings (SSSR count). The minimum Gasteiger partial charge on any atom is -0.445 e. The molecule has 0 spiro atoms. The maximum absolute atomic E-state index is 11.1. The number of nitrogens with one attached hydrogen (secondary N) is 2. The summed E-state index contributed by atoms with van der Waals surface area (Å²) in [6.07, 6.45) is -0.378. The number of carbonyl (C=O) groups is 1. The third kappa shape index (κ3) is 5.24.